The number of hydrogen-bond donors (Lipinski definition) is 1. The van der Waals surface area contributed by atoms with Gasteiger partial charge in [-0.2, -0.15) is 0 Å². The molecule has 0 bridgehead atoms. The molecular formula is C22H37IN4. The van der Waals surface area contributed by atoms with Gasteiger partial charge in [-0.1, -0.05) is 30.3 Å². The number of hydrogen-bond acceptors (Lipinski definition) is 2. The predicted molar refractivity (Wildman–Crippen MR) is 126 cm³/mol. The standard InChI is InChI=1S/C22H36N4.HI/c1-23-22(26-15-7-8-16-26)24-13-5-6-14-25-17-11-21(12-18-25)19-20-9-3-2-4-10-20;/h2-4,9-10,21H,5-8,11-19H2,1H3,(H,23,24);1H. The summed E-state index contributed by atoms with van der Waals surface area (Å²) in [5.41, 5.74) is 1.50. The maximum Gasteiger partial charge on any atom is 0.193 e. The first-order valence-corrected chi connectivity index (χ1v) is 10.6. The van der Waals surface area contributed by atoms with Crippen molar-refractivity contribution in [1.82, 2.24) is 15.1 Å². The Kier molecular flexibility index (Phi) is 10.5. The molecule has 0 unspecified atom stereocenters. The van der Waals surface area contributed by atoms with Crippen LogP contribution in [0.1, 0.15) is 44.1 Å². The summed E-state index contributed by atoms with van der Waals surface area (Å²) in [6.07, 6.45) is 9.10. The van der Waals surface area contributed by atoms with Crippen molar-refractivity contribution in [2.75, 3.05) is 46.3 Å². The maximum absolute atomic E-state index is 4.42. The van der Waals surface area contributed by atoms with E-state index in [1.165, 1.54) is 70.1 Å². The van der Waals surface area contributed by atoms with Crippen molar-refractivity contribution < 1.29 is 0 Å². The van der Waals surface area contributed by atoms with E-state index in [1.807, 2.05) is 7.05 Å². The van der Waals surface area contributed by atoms with E-state index < -0.39 is 0 Å². The van der Waals surface area contributed by atoms with Crippen LogP contribution in [0, 0.1) is 5.92 Å². The average Bonchev–Trinajstić information content (AvgIpc) is 3.21. The molecule has 0 radical (unpaired) electrons. The molecule has 2 aliphatic heterocycles. The zero-order chi connectivity index (χ0) is 18.0. The SMILES string of the molecule is CN=C(NCCCCN1CCC(Cc2ccccc2)CC1)N1CCCC1.I. The van der Waals surface area contributed by atoms with Gasteiger partial charge in [0.2, 0.25) is 0 Å². The highest BCUT2D eigenvalue weighted by molar-refractivity contribution is 14.0. The van der Waals surface area contributed by atoms with Gasteiger partial charge in [0.05, 0.1) is 0 Å². The van der Waals surface area contributed by atoms with E-state index in [0.717, 1.165) is 31.5 Å². The quantitative estimate of drug-likeness (QED) is 0.275. The topological polar surface area (TPSA) is 30.9 Å². The van der Waals surface area contributed by atoms with Crippen molar-refractivity contribution in [2.24, 2.45) is 10.9 Å². The monoisotopic (exact) mass is 484 g/mol. The second-order valence-electron chi connectivity index (χ2n) is 7.85. The van der Waals surface area contributed by atoms with E-state index in [9.17, 15) is 0 Å². The molecule has 3 rings (SSSR count). The Labute approximate surface area is 182 Å². The van der Waals surface area contributed by atoms with Crippen molar-refractivity contribution in [2.45, 2.75) is 44.9 Å². The molecule has 2 fully saturated rings. The summed E-state index contributed by atoms with van der Waals surface area (Å²) in [6, 6.07) is 11.0. The number of nitrogens with zero attached hydrogens (tertiary/aromatic N) is 3. The number of unbranched alkanes of at least 4 members (excludes halogenated alkanes) is 1. The summed E-state index contributed by atoms with van der Waals surface area (Å²) >= 11 is 0. The fourth-order valence-electron chi connectivity index (χ4n) is 4.28. The van der Waals surface area contributed by atoms with E-state index in [0.29, 0.717) is 0 Å². The third-order valence-corrected chi connectivity index (χ3v) is 5.88. The lowest BCUT2D eigenvalue weighted by Gasteiger charge is -2.32. The largest absolute Gasteiger partial charge is 0.356 e. The molecular weight excluding hydrogens is 447 g/mol. The lowest BCUT2D eigenvalue weighted by molar-refractivity contribution is 0.181. The Balaban J connectivity index is 0.00000261. The first kappa shape index (κ1) is 22.5. The van der Waals surface area contributed by atoms with Gasteiger partial charge in [-0.05, 0) is 76.1 Å². The van der Waals surface area contributed by atoms with Gasteiger partial charge < -0.3 is 15.1 Å². The lowest BCUT2D eigenvalue weighted by atomic mass is 9.90. The minimum atomic E-state index is 0. The Morgan fingerprint density at radius 1 is 1.04 bits per heavy atom. The van der Waals surface area contributed by atoms with Crippen LogP contribution in [0.4, 0.5) is 0 Å². The van der Waals surface area contributed by atoms with Crippen molar-refractivity contribution in [3.63, 3.8) is 0 Å². The smallest absolute Gasteiger partial charge is 0.193 e. The van der Waals surface area contributed by atoms with Crippen LogP contribution in [0.3, 0.4) is 0 Å². The van der Waals surface area contributed by atoms with Crippen LogP contribution >= 0.6 is 24.0 Å². The number of piperidine rings is 1. The van der Waals surface area contributed by atoms with E-state index in [4.69, 9.17) is 0 Å². The number of halogens is 1. The molecule has 27 heavy (non-hydrogen) atoms. The normalized spacial score (nSPS) is 19.1. The van der Waals surface area contributed by atoms with Crippen LogP contribution in [0.15, 0.2) is 35.3 Å². The maximum atomic E-state index is 4.42. The number of guanidine groups is 1. The number of benzene rings is 1. The molecule has 0 atom stereocenters. The van der Waals surface area contributed by atoms with Gasteiger partial charge >= 0.3 is 0 Å². The molecule has 2 heterocycles. The first-order valence-electron chi connectivity index (χ1n) is 10.6. The Morgan fingerprint density at radius 3 is 2.41 bits per heavy atom. The first-order chi connectivity index (χ1) is 12.8. The molecule has 2 aliphatic rings. The van der Waals surface area contributed by atoms with Crippen LogP contribution in [0.5, 0.6) is 0 Å². The summed E-state index contributed by atoms with van der Waals surface area (Å²) in [7, 11) is 1.90. The molecule has 0 aliphatic carbocycles. The highest BCUT2D eigenvalue weighted by Crippen LogP contribution is 2.21. The number of aliphatic imine (C=N–C) groups is 1. The lowest BCUT2D eigenvalue weighted by Crippen LogP contribution is -2.40. The van der Waals surface area contributed by atoms with Crippen LogP contribution in [0.2, 0.25) is 0 Å². The molecule has 1 aromatic rings. The van der Waals surface area contributed by atoms with Crippen LogP contribution in [-0.2, 0) is 6.42 Å². The molecule has 0 saturated carbocycles. The van der Waals surface area contributed by atoms with Crippen molar-refractivity contribution in [3.05, 3.63) is 35.9 Å². The average molecular weight is 484 g/mol. The molecule has 0 amide bonds. The summed E-state index contributed by atoms with van der Waals surface area (Å²) in [5.74, 6) is 1.98. The highest BCUT2D eigenvalue weighted by atomic mass is 127. The van der Waals surface area contributed by atoms with Gasteiger partial charge in [0.1, 0.15) is 0 Å². The minimum Gasteiger partial charge on any atom is -0.356 e. The van der Waals surface area contributed by atoms with Crippen molar-refractivity contribution in [1.29, 1.82) is 0 Å². The zero-order valence-electron chi connectivity index (χ0n) is 16.9. The molecule has 152 valence electrons. The molecule has 0 spiro atoms. The second-order valence-corrected chi connectivity index (χ2v) is 7.85. The Bertz CT molecular complexity index is 535. The van der Waals surface area contributed by atoms with Crippen LogP contribution < -0.4 is 5.32 Å². The van der Waals surface area contributed by atoms with E-state index in [-0.39, 0.29) is 24.0 Å². The van der Waals surface area contributed by atoms with Crippen LogP contribution in [0.25, 0.3) is 0 Å². The van der Waals surface area contributed by atoms with Gasteiger partial charge in [0, 0.05) is 26.7 Å². The third-order valence-electron chi connectivity index (χ3n) is 5.88. The van der Waals surface area contributed by atoms with Crippen molar-refractivity contribution in [3.8, 4) is 0 Å². The van der Waals surface area contributed by atoms with Gasteiger partial charge in [0.15, 0.2) is 5.96 Å². The summed E-state index contributed by atoms with van der Waals surface area (Å²) < 4.78 is 0. The van der Waals surface area contributed by atoms with E-state index >= 15 is 0 Å². The van der Waals surface area contributed by atoms with Crippen molar-refractivity contribution >= 4 is 29.9 Å². The predicted octanol–water partition coefficient (Wildman–Crippen LogP) is 4.01. The molecule has 1 N–H and O–H groups in total. The fraction of sp³-hybridized carbons (Fsp3) is 0.682. The number of nitrogens with one attached hydrogen (secondary N) is 1. The molecule has 0 aromatic heterocycles. The summed E-state index contributed by atoms with van der Waals surface area (Å²) in [6.45, 7) is 7.19. The fourth-order valence-corrected chi connectivity index (χ4v) is 4.28. The molecule has 5 heteroatoms. The van der Waals surface area contributed by atoms with E-state index in [1.54, 1.807) is 0 Å². The zero-order valence-corrected chi connectivity index (χ0v) is 19.2. The highest BCUT2D eigenvalue weighted by Gasteiger charge is 2.19. The third kappa shape index (κ3) is 7.60. The van der Waals surface area contributed by atoms with Gasteiger partial charge in [-0.15, -0.1) is 24.0 Å². The minimum absolute atomic E-state index is 0. The summed E-state index contributed by atoms with van der Waals surface area (Å²) in [4.78, 5) is 9.47. The van der Waals surface area contributed by atoms with Gasteiger partial charge in [0.25, 0.3) is 0 Å². The van der Waals surface area contributed by atoms with Gasteiger partial charge in [-0.25, -0.2) is 0 Å². The van der Waals surface area contributed by atoms with Gasteiger partial charge in [-0.3, -0.25) is 4.99 Å². The Morgan fingerprint density at radius 2 is 1.74 bits per heavy atom. The molecule has 4 nitrogen and oxygen atoms in total. The van der Waals surface area contributed by atoms with Crippen LogP contribution in [-0.4, -0.2) is 62.1 Å². The molecule has 2 saturated heterocycles. The number of likely N-dealkylation sites (tertiary alicyclic amines) is 2. The van der Waals surface area contributed by atoms with E-state index in [2.05, 4.69) is 50.4 Å². The summed E-state index contributed by atoms with van der Waals surface area (Å²) in [5, 5.41) is 3.54. The Hall–Kier alpha value is -0.820. The second kappa shape index (κ2) is 12.6. The number of rotatable bonds is 7. The molecule has 1 aromatic carbocycles.